The SMILES string of the molecule is CCCCCCCCCCCCCCCCCCC(C)C(C)(C)O. The largest absolute Gasteiger partial charge is 0.390 e. The van der Waals surface area contributed by atoms with Crippen LogP contribution in [0, 0.1) is 5.92 Å². The Balaban J connectivity index is 3.10. The number of unbranched alkanes of at least 4 members (excludes halogenated alkanes) is 15. The minimum atomic E-state index is -0.504. The fraction of sp³-hybridized carbons (Fsp3) is 1.00. The molecule has 0 spiro atoms. The minimum absolute atomic E-state index is 0.421. The van der Waals surface area contributed by atoms with Gasteiger partial charge in [0.05, 0.1) is 5.60 Å². The molecule has 0 fully saturated rings. The van der Waals surface area contributed by atoms with Crippen LogP contribution in [0.5, 0.6) is 0 Å². The third-order valence-electron chi connectivity index (χ3n) is 5.70. The summed E-state index contributed by atoms with van der Waals surface area (Å²) in [4.78, 5) is 0. The first-order valence-electron chi connectivity index (χ1n) is 11.2. The molecule has 1 nitrogen and oxygen atoms in total. The molecule has 1 atom stereocenters. The highest BCUT2D eigenvalue weighted by Crippen LogP contribution is 2.22. The molecule has 146 valence electrons. The first kappa shape index (κ1) is 24.0. The van der Waals surface area contributed by atoms with Gasteiger partial charge in [0.1, 0.15) is 0 Å². The van der Waals surface area contributed by atoms with Gasteiger partial charge in [-0.15, -0.1) is 0 Å². The van der Waals surface area contributed by atoms with E-state index in [4.69, 9.17) is 0 Å². The molecule has 0 radical (unpaired) electrons. The fourth-order valence-electron chi connectivity index (χ4n) is 3.35. The molecular weight excluding hydrogens is 292 g/mol. The van der Waals surface area contributed by atoms with Crippen LogP contribution >= 0.6 is 0 Å². The third kappa shape index (κ3) is 16.8. The molecule has 0 aliphatic carbocycles. The van der Waals surface area contributed by atoms with Gasteiger partial charge in [-0.25, -0.2) is 0 Å². The monoisotopic (exact) mass is 340 g/mol. The Labute approximate surface area is 154 Å². The van der Waals surface area contributed by atoms with Gasteiger partial charge in [0.2, 0.25) is 0 Å². The summed E-state index contributed by atoms with van der Waals surface area (Å²) in [6.45, 7) is 8.33. The Hall–Kier alpha value is -0.0400. The van der Waals surface area contributed by atoms with Crippen LogP contribution in [0.2, 0.25) is 0 Å². The van der Waals surface area contributed by atoms with Crippen molar-refractivity contribution < 1.29 is 5.11 Å². The van der Waals surface area contributed by atoms with E-state index in [0.717, 1.165) is 0 Å². The van der Waals surface area contributed by atoms with Crippen molar-refractivity contribution in [3.63, 3.8) is 0 Å². The molecule has 1 heteroatoms. The van der Waals surface area contributed by atoms with Crippen LogP contribution in [0.3, 0.4) is 0 Å². The Morgan fingerprint density at radius 1 is 0.583 bits per heavy atom. The molecule has 24 heavy (non-hydrogen) atoms. The smallest absolute Gasteiger partial charge is 0.0617 e. The molecule has 0 aliphatic heterocycles. The first-order valence-corrected chi connectivity index (χ1v) is 11.2. The van der Waals surface area contributed by atoms with Crippen molar-refractivity contribution in [2.24, 2.45) is 5.92 Å². The van der Waals surface area contributed by atoms with E-state index in [1.807, 2.05) is 13.8 Å². The summed E-state index contributed by atoms with van der Waals surface area (Å²) in [6.07, 6.45) is 23.9. The normalized spacial score (nSPS) is 13.4. The van der Waals surface area contributed by atoms with E-state index in [2.05, 4.69) is 13.8 Å². The summed E-state index contributed by atoms with van der Waals surface area (Å²) in [7, 11) is 0. The van der Waals surface area contributed by atoms with E-state index in [9.17, 15) is 5.11 Å². The third-order valence-corrected chi connectivity index (χ3v) is 5.70. The molecule has 0 aromatic heterocycles. The summed E-state index contributed by atoms with van der Waals surface area (Å²) >= 11 is 0. The molecule has 0 aliphatic rings. The lowest BCUT2D eigenvalue weighted by molar-refractivity contribution is 0.0203. The highest BCUT2D eigenvalue weighted by atomic mass is 16.3. The molecule has 0 heterocycles. The average molecular weight is 341 g/mol. The van der Waals surface area contributed by atoms with Gasteiger partial charge >= 0.3 is 0 Å². The summed E-state index contributed by atoms with van der Waals surface area (Å²) in [5.74, 6) is 0.421. The topological polar surface area (TPSA) is 20.2 Å². The summed E-state index contributed by atoms with van der Waals surface area (Å²) in [5, 5.41) is 9.91. The van der Waals surface area contributed by atoms with Crippen LogP contribution in [0.4, 0.5) is 0 Å². The predicted molar refractivity (Wildman–Crippen MR) is 110 cm³/mol. The van der Waals surface area contributed by atoms with Crippen molar-refractivity contribution >= 4 is 0 Å². The highest BCUT2D eigenvalue weighted by molar-refractivity contribution is 4.73. The van der Waals surface area contributed by atoms with Crippen molar-refractivity contribution in [2.45, 2.75) is 142 Å². The molecular formula is C23H48O. The highest BCUT2D eigenvalue weighted by Gasteiger charge is 2.21. The number of hydrogen-bond acceptors (Lipinski definition) is 1. The lowest BCUT2D eigenvalue weighted by Crippen LogP contribution is -2.28. The van der Waals surface area contributed by atoms with Gasteiger partial charge in [-0.05, 0) is 26.2 Å². The molecule has 1 N–H and O–H groups in total. The number of aliphatic hydroxyl groups is 1. The number of hydrogen-bond donors (Lipinski definition) is 1. The van der Waals surface area contributed by atoms with Crippen LogP contribution in [0.1, 0.15) is 137 Å². The second-order valence-electron chi connectivity index (χ2n) is 8.65. The second-order valence-corrected chi connectivity index (χ2v) is 8.65. The van der Waals surface area contributed by atoms with Crippen molar-refractivity contribution in [2.75, 3.05) is 0 Å². The zero-order chi connectivity index (χ0) is 18.1. The van der Waals surface area contributed by atoms with Gasteiger partial charge in [0.15, 0.2) is 0 Å². The minimum Gasteiger partial charge on any atom is -0.390 e. The van der Waals surface area contributed by atoms with E-state index in [0.29, 0.717) is 5.92 Å². The van der Waals surface area contributed by atoms with Crippen molar-refractivity contribution in [1.29, 1.82) is 0 Å². The van der Waals surface area contributed by atoms with Crippen molar-refractivity contribution in [3.8, 4) is 0 Å². The van der Waals surface area contributed by atoms with Crippen LogP contribution in [-0.2, 0) is 0 Å². The van der Waals surface area contributed by atoms with Gasteiger partial charge < -0.3 is 5.11 Å². The molecule has 0 bridgehead atoms. The van der Waals surface area contributed by atoms with Gasteiger partial charge in [0.25, 0.3) is 0 Å². The lowest BCUT2D eigenvalue weighted by Gasteiger charge is -2.25. The maximum Gasteiger partial charge on any atom is 0.0617 e. The lowest BCUT2D eigenvalue weighted by atomic mass is 9.88. The van der Waals surface area contributed by atoms with E-state index in [1.54, 1.807) is 0 Å². The molecule has 0 amide bonds. The van der Waals surface area contributed by atoms with Crippen molar-refractivity contribution in [1.82, 2.24) is 0 Å². The van der Waals surface area contributed by atoms with Gasteiger partial charge in [-0.2, -0.15) is 0 Å². The Bertz CT molecular complexity index is 241. The van der Waals surface area contributed by atoms with Crippen LogP contribution in [-0.4, -0.2) is 10.7 Å². The molecule has 0 saturated carbocycles. The standard InChI is InChI=1S/C23H48O/c1-5-6-7-8-9-10-11-12-13-14-15-16-17-18-19-20-21-22(2)23(3,4)24/h22,24H,5-21H2,1-4H3. The van der Waals surface area contributed by atoms with Crippen molar-refractivity contribution in [3.05, 3.63) is 0 Å². The van der Waals surface area contributed by atoms with Crippen LogP contribution < -0.4 is 0 Å². The summed E-state index contributed by atoms with van der Waals surface area (Å²) < 4.78 is 0. The second kappa shape index (κ2) is 16.4. The van der Waals surface area contributed by atoms with Gasteiger partial charge in [-0.3, -0.25) is 0 Å². The maximum absolute atomic E-state index is 9.91. The first-order chi connectivity index (χ1) is 11.5. The molecule has 0 aromatic rings. The van der Waals surface area contributed by atoms with E-state index >= 15 is 0 Å². The zero-order valence-electron chi connectivity index (χ0n) is 17.5. The zero-order valence-corrected chi connectivity index (χ0v) is 17.5. The van der Waals surface area contributed by atoms with E-state index in [-0.39, 0.29) is 0 Å². The summed E-state index contributed by atoms with van der Waals surface area (Å²) in [5.41, 5.74) is -0.504. The Morgan fingerprint density at radius 2 is 0.875 bits per heavy atom. The Morgan fingerprint density at radius 3 is 1.17 bits per heavy atom. The number of rotatable bonds is 18. The van der Waals surface area contributed by atoms with E-state index in [1.165, 1.54) is 109 Å². The predicted octanol–water partition coefficient (Wildman–Crippen LogP) is 8.05. The van der Waals surface area contributed by atoms with Crippen LogP contribution in [0.15, 0.2) is 0 Å². The molecule has 0 saturated heterocycles. The molecule has 0 aromatic carbocycles. The maximum atomic E-state index is 9.91. The molecule has 0 rings (SSSR count). The fourth-order valence-corrected chi connectivity index (χ4v) is 3.35. The van der Waals surface area contributed by atoms with E-state index < -0.39 is 5.60 Å². The average Bonchev–Trinajstić information content (AvgIpc) is 2.53. The van der Waals surface area contributed by atoms with Gasteiger partial charge in [0, 0.05) is 0 Å². The molecule has 1 unspecified atom stereocenters. The summed E-state index contributed by atoms with van der Waals surface area (Å²) in [6, 6.07) is 0. The Kier molecular flexibility index (Phi) is 16.4. The quantitative estimate of drug-likeness (QED) is 0.250. The van der Waals surface area contributed by atoms with Gasteiger partial charge in [-0.1, -0.05) is 117 Å². The van der Waals surface area contributed by atoms with Crippen LogP contribution in [0.25, 0.3) is 0 Å².